The van der Waals surface area contributed by atoms with Gasteiger partial charge in [-0.15, -0.1) is 11.3 Å². The van der Waals surface area contributed by atoms with Gasteiger partial charge in [-0.3, -0.25) is 4.79 Å². The molecule has 7 nitrogen and oxygen atoms in total. The molecule has 0 fully saturated rings. The molecule has 1 amide bonds. The third-order valence-corrected chi connectivity index (χ3v) is 5.49. The summed E-state index contributed by atoms with van der Waals surface area (Å²) in [5, 5.41) is 17.8. The highest BCUT2D eigenvalue weighted by atomic mass is 32.1. The van der Waals surface area contributed by atoms with Crippen molar-refractivity contribution in [3.05, 3.63) is 57.4 Å². The van der Waals surface area contributed by atoms with Crippen LogP contribution in [0.4, 0.5) is 13.2 Å². The van der Waals surface area contributed by atoms with E-state index < -0.39 is 29.1 Å². The number of aromatic nitrogens is 4. The lowest BCUT2D eigenvalue weighted by Crippen LogP contribution is -2.46. The van der Waals surface area contributed by atoms with E-state index in [2.05, 4.69) is 20.4 Å². The molecule has 1 unspecified atom stereocenters. The minimum atomic E-state index is -5.04. The summed E-state index contributed by atoms with van der Waals surface area (Å²) in [5.74, 6) is -0.369. The van der Waals surface area contributed by atoms with Crippen molar-refractivity contribution in [2.75, 3.05) is 0 Å². The van der Waals surface area contributed by atoms with Crippen LogP contribution < -0.4 is 5.32 Å². The predicted molar refractivity (Wildman–Crippen MR) is 104 cm³/mol. The van der Waals surface area contributed by atoms with E-state index in [9.17, 15) is 23.1 Å². The van der Waals surface area contributed by atoms with Gasteiger partial charge in [-0.1, -0.05) is 6.07 Å². The molecule has 30 heavy (non-hydrogen) atoms. The highest BCUT2D eigenvalue weighted by molar-refractivity contribution is 7.09. The molecular formula is C19H20F3N5O2S. The summed E-state index contributed by atoms with van der Waals surface area (Å²) in [5.41, 5.74) is -0.655. The van der Waals surface area contributed by atoms with Gasteiger partial charge < -0.3 is 10.4 Å². The first kappa shape index (κ1) is 21.9. The summed E-state index contributed by atoms with van der Waals surface area (Å²) < 4.78 is 42.1. The van der Waals surface area contributed by atoms with E-state index >= 15 is 0 Å². The number of halogens is 3. The summed E-state index contributed by atoms with van der Waals surface area (Å²) in [4.78, 5) is 20.2. The average Bonchev–Trinajstić information content (AvgIpc) is 3.24. The Morgan fingerprint density at radius 1 is 1.23 bits per heavy atom. The minimum absolute atomic E-state index is 0.0337. The Hall–Kier alpha value is -2.79. The monoisotopic (exact) mass is 439 g/mol. The molecule has 3 rings (SSSR count). The summed E-state index contributed by atoms with van der Waals surface area (Å²) >= 11 is 0.663. The number of nitrogens with one attached hydrogen (secondary N) is 1. The van der Waals surface area contributed by atoms with Crippen molar-refractivity contribution < 1.29 is 23.1 Å². The van der Waals surface area contributed by atoms with Gasteiger partial charge in [-0.2, -0.15) is 18.3 Å². The van der Waals surface area contributed by atoms with E-state index in [0.717, 1.165) is 11.4 Å². The molecular weight excluding hydrogens is 419 g/mol. The van der Waals surface area contributed by atoms with Crippen molar-refractivity contribution in [1.29, 1.82) is 0 Å². The van der Waals surface area contributed by atoms with Crippen molar-refractivity contribution in [2.24, 2.45) is 0 Å². The molecule has 11 heteroatoms. The Bertz CT molecular complexity index is 1050. The van der Waals surface area contributed by atoms with Crippen LogP contribution in [0, 0.1) is 20.8 Å². The van der Waals surface area contributed by atoms with E-state index in [0.29, 0.717) is 28.4 Å². The zero-order chi connectivity index (χ0) is 22.1. The van der Waals surface area contributed by atoms with Crippen LogP contribution in [-0.4, -0.2) is 36.9 Å². The fourth-order valence-corrected chi connectivity index (χ4v) is 3.76. The number of aryl methyl sites for hydroxylation is 3. The van der Waals surface area contributed by atoms with Gasteiger partial charge in [0, 0.05) is 29.5 Å². The van der Waals surface area contributed by atoms with Crippen LogP contribution in [0.5, 0.6) is 0 Å². The second-order valence-corrected chi connectivity index (χ2v) is 7.83. The Kier molecular flexibility index (Phi) is 5.95. The van der Waals surface area contributed by atoms with Crippen molar-refractivity contribution in [3.8, 4) is 5.82 Å². The lowest BCUT2D eigenvalue weighted by Gasteiger charge is -2.27. The third-order valence-electron chi connectivity index (χ3n) is 4.38. The Morgan fingerprint density at radius 3 is 2.47 bits per heavy atom. The van der Waals surface area contributed by atoms with Gasteiger partial charge in [0.05, 0.1) is 12.1 Å². The van der Waals surface area contributed by atoms with Gasteiger partial charge in [0.1, 0.15) is 5.01 Å². The number of alkyl halides is 3. The van der Waals surface area contributed by atoms with Crippen molar-refractivity contribution in [3.63, 3.8) is 0 Å². The summed E-state index contributed by atoms with van der Waals surface area (Å²) in [6.45, 7) is 5.23. The summed E-state index contributed by atoms with van der Waals surface area (Å²) in [7, 11) is 0. The average molecular weight is 439 g/mol. The SMILES string of the molecule is Cc1csc(C(O)(CC(=O)NCc2ccc(-n3nc(C)cc3C)nc2)C(F)(F)F)n1. The van der Waals surface area contributed by atoms with E-state index in [4.69, 9.17) is 0 Å². The summed E-state index contributed by atoms with van der Waals surface area (Å²) in [6, 6.07) is 5.30. The first-order valence-electron chi connectivity index (χ1n) is 8.96. The number of nitrogens with zero attached hydrogens (tertiary/aromatic N) is 4. The van der Waals surface area contributed by atoms with Crippen LogP contribution in [0.25, 0.3) is 5.82 Å². The molecule has 0 spiro atoms. The fourth-order valence-electron chi connectivity index (χ4n) is 2.84. The van der Waals surface area contributed by atoms with Gasteiger partial charge in [0.25, 0.3) is 0 Å². The van der Waals surface area contributed by atoms with Crippen molar-refractivity contribution in [2.45, 2.75) is 45.5 Å². The molecule has 0 aliphatic carbocycles. The Morgan fingerprint density at radius 2 is 1.97 bits per heavy atom. The molecule has 3 aromatic rings. The van der Waals surface area contributed by atoms with E-state index in [1.54, 1.807) is 16.8 Å². The number of carbonyl (C=O) groups is 1. The molecule has 0 saturated heterocycles. The predicted octanol–water partition coefficient (Wildman–Crippen LogP) is 3.11. The second kappa shape index (κ2) is 8.15. The summed E-state index contributed by atoms with van der Waals surface area (Å²) in [6.07, 6.45) is -4.72. The van der Waals surface area contributed by atoms with Crippen LogP contribution in [0.15, 0.2) is 29.8 Å². The van der Waals surface area contributed by atoms with Crippen molar-refractivity contribution >= 4 is 17.2 Å². The first-order valence-corrected chi connectivity index (χ1v) is 9.84. The molecule has 0 aromatic carbocycles. The van der Waals surface area contributed by atoms with Gasteiger partial charge >= 0.3 is 6.18 Å². The van der Waals surface area contributed by atoms with Gasteiger partial charge in [-0.05, 0) is 38.5 Å². The second-order valence-electron chi connectivity index (χ2n) is 6.97. The highest BCUT2D eigenvalue weighted by Crippen LogP contribution is 2.42. The van der Waals surface area contributed by atoms with Crippen LogP contribution in [0.2, 0.25) is 0 Å². The topological polar surface area (TPSA) is 92.9 Å². The largest absolute Gasteiger partial charge is 0.424 e. The molecule has 0 radical (unpaired) electrons. The molecule has 0 aliphatic heterocycles. The number of hydrogen-bond donors (Lipinski definition) is 2. The number of amides is 1. The standard InChI is InChI=1S/C19H20F3N5O2S/c1-11-6-13(3)27(26-11)15-5-4-14(8-23-15)9-24-16(28)7-18(29,19(20,21)22)17-25-12(2)10-30-17/h4-6,8,10,29H,7,9H2,1-3H3,(H,24,28). The molecule has 1 atom stereocenters. The molecule has 3 heterocycles. The lowest BCUT2D eigenvalue weighted by atomic mass is 9.99. The van der Waals surface area contributed by atoms with Crippen LogP contribution in [-0.2, 0) is 16.9 Å². The molecule has 3 aromatic heterocycles. The molecule has 0 saturated carbocycles. The number of pyridine rings is 1. The number of thiazole rings is 1. The van der Waals surface area contributed by atoms with E-state index in [-0.39, 0.29) is 6.54 Å². The zero-order valence-corrected chi connectivity index (χ0v) is 17.3. The van der Waals surface area contributed by atoms with Gasteiger partial charge in [-0.25, -0.2) is 14.6 Å². The van der Waals surface area contributed by atoms with Gasteiger partial charge in [0.15, 0.2) is 5.82 Å². The quantitative estimate of drug-likeness (QED) is 0.616. The normalized spacial score (nSPS) is 13.8. The smallest absolute Gasteiger partial charge is 0.374 e. The van der Waals surface area contributed by atoms with Crippen LogP contribution in [0.1, 0.15) is 34.1 Å². The number of carbonyl (C=O) groups excluding carboxylic acids is 1. The highest BCUT2D eigenvalue weighted by Gasteiger charge is 2.58. The lowest BCUT2D eigenvalue weighted by molar-refractivity contribution is -0.267. The van der Waals surface area contributed by atoms with E-state index in [1.807, 2.05) is 19.9 Å². The maximum absolute atomic E-state index is 13.5. The molecule has 0 aliphatic rings. The Balaban J connectivity index is 1.66. The van der Waals surface area contributed by atoms with Crippen LogP contribution >= 0.6 is 11.3 Å². The minimum Gasteiger partial charge on any atom is -0.374 e. The number of aliphatic hydroxyl groups is 1. The maximum Gasteiger partial charge on any atom is 0.424 e. The maximum atomic E-state index is 13.5. The number of hydrogen-bond acceptors (Lipinski definition) is 6. The third kappa shape index (κ3) is 4.51. The first-order chi connectivity index (χ1) is 14.0. The number of rotatable bonds is 6. The fraction of sp³-hybridized carbons (Fsp3) is 0.368. The molecule has 160 valence electrons. The van der Waals surface area contributed by atoms with Crippen molar-refractivity contribution in [1.82, 2.24) is 25.1 Å². The molecule has 0 bridgehead atoms. The molecule has 2 N–H and O–H groups in total. The zero-order valence-electron chi connectivity index (χ0n) is 16.5. The Labute approximate surface area is 174 Å². The van der Waals surface area contributed by atoms with E-state index in [1.165, 1.54) is 18.5 Å². The van der Waals surface area contributed by atoms with Crippen LogP contribution in [0.3, 0.4) is 0 Å². The van der Waals surface area contributed by atoms with Gasteiger partial charge in [0.2, 0.25) is 11.5 Å².